The van der Waals surface area contributed by atoms with Gasteiger partial charge < -0.3 is 5.11 Å². The van der Waals surface area contributed by atoms with Gasteiger partial charge in [-0.25, -0.2) is 21.6 Å². The zero-order valence-electron chi connectivity index (χ0n) is 11.2. The summed E-state index contributed by atoms with van der Waals surface area (Å²) in [7, 11) is -4.32. The fourth-order valence-corrected chi connectivity index (χ4v) is 4.36. The quantitative estimate of drug-likeness (QED) is 0.844. The van der Waals surface area contributed by atoms with Gasteiger partial charge in [-0.3, -0.25) is 0 Å². The van der Waals surface area contributed by atoms with Gasteiger partial charge in [-0.05, 0) is 25.0 Å². The molecule has 8 heteroatoms. The molecule has 118 valence electrons. The zero-order chi connectivity index (χ0) is 15.6. The highest BCUT2D eigenvalue weighted by atomic mass is 32.2. The summed E-state index contributed by atoms with van der Waals surface area (Å²) in [5, 5.41) is 9.04. The molecule has 0 spiro atoms. The lowest BCUT2D eigenvalue weighted by molar-refractivity contribution is 0.226. The first-order valence-corrected chi connectivity index (χ1v) is 8.09. The number of rotatable bonds is 5. The predicted molar refractivity (Wildman–Crippen MR) is 69.5 cm³/mol. The van der Waals surface area contributed by atoms with Crippen molar-refractivity contribution < 1.29 is 26.7 Å². The van der Waals surface area contributed by atoms with Gasteiger partial charge in [0.2, 0.25) is 10.0 Å². The Bertz CT molecular complexity index is 615. The maximum Gasteiger partial charge on any atom is 0.246 e. The second-order valence-corrected chi connectivity index (χ2v) is 6.81. The maximum atomic E-state index is 13.8. The number of aliphatic hydroxyl groups is 1. The molecule has 0 amide bonds. The summed E-state index contributed by atoms with van der Waals surface area (Å²) in [6.45, 7) is -0.632. The molecule has 1 aromatic carbocycles. The van der Waals surface area contributed by atoms with Crippen molar-refractivity contribution in [1.29, 1.82) is 0 Å². The number of benzene rings is 1. The summed E-state index contributed by atoms with van der Waals surface area (Å²) in [6.07, 6.45) is 2.87. The molecule has 4 nitrogen and oxygen atoms in total. The van der Waals surface area contributed by atoms with E-state index >= 15 is 0 Å². The van der Waals surface area contributed by atoms with E-state index in [-0.39, 0.29) is 12.6 Å². The van der Waals surface area contributed by atoms with Gasteiger partial charge in [0.1, 0.15) is 4.90 Å². The molecule has 0 aromatic heterocycles. The fourth-order valence-electron chi connectivity index (χ4n) is 2.62. The van der Waals surface area contributed by atoms with E-state index < -0.39 is 39.0 Å². The van der Waals surface area contributed by atoms with Crippen LogP contribution in [0.3, 0.4) is 0 Å². The third kappa shape index (κ3) is 3.07. The highest BCUT2D eigenvalue weighted by molar-refractivity contribution is 7.89. The second-order valence-electron chi connectivity index (χ2n) is 4.95. The zero-order valence-corrected chi connectivity index (χ0v) is 12.0. The largest absolute Gasteiger partial charge is 0.395 e. The van der Waals surface area contributed by atoms with Crippen molar-refractivity contribution in [2.24, 2.45) is 0 Å². The molecule has 0 unspecified atom stereocenters. The average Bonchev–Trinajstić information content (AvgIpc) is 2.95. The number of nitrogens with zero attached hydrogens (tertiary/aromatic N) is 1. The molecule has 1 fully saturated rings. The van der Waals surface area contributed by atoms with Crippen molar-refractivity contribution in [3.8, 4) is 0 Å². The van der Waals surface area contributed by atoms with Crippen molar-refractivity contribution in [2.75, 3.05) is 13.2 Å². The van der Waals surface area contributed by atoms with Crippen molar-refractivity contribution >= 4 is 10.0 Å². The SMILES string of the molecule is O=S(=O)(c1ccc(F)c(F)c1F)N(CCO)C1CCCC1. The Labute approximate surface area is 121 Å². The van der Waals surface area contributed by atoms with E-state index in [9.17, 15) is 21.6 Å². The molecule has 21 heavy (non-hydrogen) atoms. The van der Waals surface area contributed by atoms with Gasteiger partial charge in [-0.2, -0.15) is 4.31 Å². The summed E-state index contributed by atoms with van der Waals surface area (Å²) in [6, 6.07) is 0.939. The predicted octanol–water partition coefficient (Wildman–Crippen LogP) is 2.03. The number of hydrogen-bond acceptors (Lipinski definition) is 3. The number of sulfonamides is 1. The third-order valence-corrected chi connectivity index (χ3v) is 5.61. The van der Waals surface area contributed by atoms with Gasteiger partial charge in [0, 0.05) is 12.6 Å². The van der Waals surface area contributed by atoms with Crippen LogP contribution in [0.1, 0.15) is 25.7 Å². The molecule has 1 saturated carbocycles. The lowest BCUT2D eigenvalue weighted by atomic mass is 10.2. The van der Waals surface area contributed by atoms with Crippen LogP contribution in [-0.2, 0) is 10.0 Å². The topological polar surface area (TPSA) is 57.6 Å². The van der Waals surface area contributed by atoms with Crippen molar-refractivity contribution in [2.45, 2.75) is 36.6 Å². The van der Waals surface area contributed by atoms with E-state index in [0.29, 0.717) is 25.0 Å². The van der Waals surface area contributed by atoms with E-state index in [4.69, 9.17) is 5.11 Å². The standard InChI is InChI=1S/C13H16F3NO3S/c14-10-5-6-11(13(16)12(10)15)21(19,20)17(7-8-18)9-3-1-2-4-9/h5-6,9,18H,1-4,7-8H2. The van der Waals surface area contributed by atoms with Gasteiger partial charge >= 0.3 is 0 Å². The van der Waals surface area contributed by atoms with E-state index in [1.807, 2.05) is 0 Å². The Kier molecular flexibility index (Phi) is 4.90. The number of aliphatic hydroxyl groups excluding tert-OH is 1. The van der Waals surface area contributed by atoms with Gasteiger partial charge in [0.25, 0.3) is 0 Å². The molecule has 1 N–H and O–H groups in total. The Morgan fingerprint density at radius 1 is 1.14 bits per heavy atom. The van der Waals surface area contributed by atoms with Crippen LogP contribution in [0.2, 0.25) is 0 Å². The molecular weight excluding hydrogens is 307 g/mol. The van der Waals surface area contributed by atoms with E-state index in [1.54, 1.807) is 0 Å². The highest BCUT2D eigenvalue weighted by Crippen LogP contribution is 2.30. The summed E-state index contributed by atoms with van der Waals surface area (Å²) in [5.74, 6) is -4.98. The second kappa shape index (κ2) is 6.33. The van der Waals surface area contributed by atoms with Crippen LogP contribution < -0.4 is 0 Å². The third-order valence-electron chi connectivity index (χ3n) is 3.64. The minimum Gasteiger partial charge on any atom is -0.395 e. The molecule has 0 heterocycles. The first-order chi connectivity index (χ1) is 9.89. The number of halogens is 3. The molecular formula is C13H16F3NO3S. The van der Waals surface area contributed by atoms with Gasteiger partial charge in [0.05, 0.1) is 6.61 Å². The lowest BCUT2D eigenvalue weighted by Gasteiger charge is -2.27. The van der Waals surface area contributed by atoms with Crippen LogP contribution >= 0.6 is 0 Å². The summed E-state index contributed by atoms with van der Waals surface area (Å²) < 4.78 is 65.9. The van der Waals surface area contributed by atoms with Gasteiger partial charge in [-0.1, -0.05) is 12.8 Å². The maximum absolute atomic E-state index is 13.8. The van der Waals surface area contributed by atoms with Crippen molar-refractivity contribution in [1.82, 2.24) is 4.31 Å². The molecule has 1 aliphatic carbocycles. The van der Waals surface area contributed by atoms with Crippen LogP contribution in [-0.4, -0.2) is 37.0 Å². The minimum atomic E-state index is -4.32. The molecule has 0 radical (unpaired) electrons. The van der Waals surface area contributed by atoms with Gasteiger partial charge in [0.15, 0.2) is 17.5 Å². The first kappa shape index (κ1) is 16.3. The minimum absolute atomic E-state index is 0.203. The summed E-state index contributed by atoms with van der Waals surface area (Å²) in [4.78, 5) is -0.901. The van der Waals surface area contributed by atoms with Crippen LogP contribution in [0.5, 0.6) is 0 Å². The molecule has 2 rings (SSSR count). The summed E-state index contributed by atoms with van der Waals surface area (Å²) >= 11 is 0. The molecule has 0 bridgehead atoms. The fraction of sp³-hybridized carbons (Fsp3) is 0.538. The average molecular weight is 323 g/mol. The molecule has 0 saturated heterocycles. The Hall–Kier alpha value is -1.12. The van der Waals surface area contributed by atoms with Crippen LogP contribution in [0, 0.1) is 17.5 Å². The van der Waals surface area contributed by atoms with Crippen molar-refractivity contribution in [3.63, 3.8) is 0 Å². The Morgan fingerprint density at radius 2 is 1.76 bits per heavy atom. The van der Waals surface area contributed by atoms with Crippen LogP contribution in [0.4, 0.5) is 13.2 Å². The Morgan fingerprint density at radius 3 is 2.33 bits per heavy atom. The Balaban J connectivity index is 2.45. The van der Waals surface area contributed by atoms with Gasteiger partial charge in [-0.15, -0.1) is 0 Å². The normalized spacial score (nSPS) is 16.8. The van der Waals surface area contributed by atoms with Crippen LogP contribution in [0.25, 0.3) is 0 Å². The molecule has 0 atom stereocenters. The number of hydrogen-bond donors (Lipinski definition) is 1. The van der Waals surface area contributed by atoms with E-state index in [1.165, 1.54) is 0 Å². The lowest BCUT2D eigenvalue weighted by Crippen LogP contribution is -2.41. The molecule has 1 aromatic rings. The smallest absolute Gasteiger partial charge is 0.246 e. The summed E-state index contributed by atoms with van der Waals surface area (Å²) in [5.41, 5.74) is 0. The first-order valence-electron chi connectivity index (χ1n) is 6.65. The van der Waals surface area contributed by atoms with Crippen LogP contribution in [0.15, 0.2) is 17.0 Å². The highest BCUT2D eigenvalue weighted by Gasteiger charge is 2.35. The van der Waals surface area contributed by atoms with Crippen molar-refractivity contribution in [3.05, 3.63) is 29.6 Å². The van der Waals surface area contributed by atoms with E-state index in [0.717, 1.165) is 17.1 Å². The van der Waals surface area contributed by atoms with E-state index in [2.05, 4.69) is 0 Å². The monoisotopic (exact) mass is 323 g/mol. The molecule has 1 aliphatic rings. The molecule has 0 aliphatic heterocycles.